The molecule has 6 nitrogen and oxygen atoms in total. The van der Waals surface area contributed by atoms with Crippen molar-refractivity contribution in [1.29, 1.82) is 0 Å². The lowest BCUT2D eigenvalue weighted by molar-refractivity contribution is -0.137. The van der Waals surface area contributed by atoms with Crippen molar-refractivity contribution in [3.8, 4) is 11.5 Å². The summed E-state index contributed by atoms with van der Waals surface area (Å²) in [6.45, 7) is 2.46. The number of hydrogen-bond acceptors (Lipinski definition) is 5. The SMILES string of the molecule is COc1ccc(C(C)NC(=O)C2CCCN(c3ncccc3C(F)(F)F)C2)cc1OC. The molecule has 1 aromatic carbocycles. The van der Waals surface area contributed by atoms with Gasteiger partial charge in [0, 0.05) is 19.3 Å². The molecule has 1 fully saturated rings. The van der Waals surface area contributed by atoms with E-state index in [1.807, 2.05) is 13.0 Å². The van der Waals surface area contributed by atoms with E-state index in [2.05, 4.69) is 10.3 Å². The van der Waals surface area contributed by atoms with Crippen LogP contribution in [0.5, 0.6) is 11.5 Å². The van der Waals surface area contributed by atoms with Crippen LogP contribution in [0.3, 0.4) is 0 Å². The van der Waals surface area contributed by atoms with E-state index in [0.717, 1.165) is 11.6 Å². The second kappa shape index (κ2) is 9.45. The predicted molar refractivity (Wildman–Crippen MR) is 110 cm³/mol. The number of alkyl halides is 3. The molecule has 0 aliphatic carbocycles. The quantitative estimate of drug-likeness (QED) is 0.734. The number of methoxy groups -OCH3 is 2. The molecule has 3 rings (SSSR count). The van der Waals surface area contributed by atoms with Gasteiger partial charge in [-0.1, -0.05) is 6.07 Å². The largest absolute Gasteiger partial charge is 0.493 e. The second-order valence-electron chi connectivity index (χ2n) is 7.50. The van der Waals surface area contributed by atoms with Gasteiger partial charge in [-0.2, -0.15) is 13.2 Å². The number of pyridine rings is 1. The van der Waals surface area contributed by atoms with Crippen LogP contribution in [-0.2, 0) is 11.0 Å². The molecule has 2 atom stereocenters. The molecule has 1 aromatic heterocycles. The van der Waals surface area contributed by atoms with Crippen LogP contribution in [0.1, 0.15) is 36.9 Å². The number of amides is 1. The Labute approximate surface area is 179 Å². The summed E-state index contributed by atoms with van der Waals surface area (Å²) < 4.78 is 50.6. The van der Waals surface area contributed by atoms with E-state index < -0.39 is 17.7 Å². The van der Waals surface area contributed by atoms with Gasteiger partial charge in [0.2, 0.25) is 5.91 Å². The summed E-state index contributed by atoms with van der Waals surface area (Å²) in [4.78, 5) is 18.4. The number of aromatic nitrogens is 1. The number of halogens is 3. The Morgan fingerprint density at radius 2 is 1.97 bits per heavy atom. The normalized spacial score (nSPS) is 17.7. The third kappa shape index (κ3) is 5.21. The van der Waals surface area contributed by atoms with Crippen molar-refractivity contribution in [3.63, 3.8) is 0 Å². The molecule has 2 heterocycles. The minimum atomic E-state index is -4.50. The molecule has 2 unspecified atom stereocenters. The van der Waals surface area contributed by atoms with Crippen LogP contribution in [0, 0.1) is 5.92 Å². The highest BCUT2D eigenvalue weighted by atomic mass is 19.4. The zero-order valence-electron chi connectivity index (χ0n) is 17.7. The molecule has 31 heavy (non-hydrogen) atoms. The average molecular weight is 437 g/mol. The van der Waals surface area contributed by atoms with Crippen molar-refractivity contribution in [2.75, 3.05) is 32.2 Å². The van der Waals surface area contributed by atoms with Crippen molar-refractivity contribution in [2.24, 2.45) is 5.92 Å². The molecule has 168 valence electrons. The van der Waals surface area contributed by atoms with Gasteiger partial charge in [0.15, 0.2) is 11.5 Å². The zero-order chi connectivity index (χ0) is 22.6. The number of nitrogens with zero attached hydrogens (tertiary/aromatic N) is 2. The highest BCUT2D eigenvalue weighted by molar-refractivity contribution is 5.80. The molecule has 2 aromatic rings. The number of carbonyl (C=O) groups is 1. The van der Waals surface area contributed by atoms with Crippen molar-refractivity contribution in [3.05, 3.63) is 47.7 Å². The molecule has 0 spiro atoms. The van der Waals surface area contributed by atoms with Crippen molar-refractivity contribution in [2.45, 2.75) is 32.0 Å². The summed E-state index contributed by atoms with van der Waals surface area (Å²) in [5.74, 6) is 0.389. The maximum absolute atomic E-state index is 13.4. The number of anilines is 1. The van der Waals surface area contributed by atoms with Crippen molar-refractivity contribution < 1.29 is 27.4 Å². The highest BCUT2D eigenvalue weighted by Crippen LogP contribution is 2.36. The van der Waals surface area contributed by atoms with Gasteiger partial charge in [-0.25, -0.2) is 4.98 Å². The van der Waals surface area contributed by atoms with E-state index in [0.29, 0.717) is 30.9 Å². The fraction of sp³-hybridized carbons (Fsp3) is 0.455. The molecule has 1 aliphatic heterocycles. The van der Waals surface area contributed by atoms with E-state index in [9.17, 15) is 18.0 Å². The van der Waals surface area contributed by atoms with Crippen LogP contribution in [0.4, 0.5) is 19.0 Å². The van der Waals surface area contributed by atoms with E-state index in [1.54, 1.807) is 24.1 Å². The third-order valence-corrected chi connectivity index (χ3v) is 5.45. The summed E-state index contributed by atoms with van der Waals surface area (Å²) in [5, 5.41) is 2.97. The van der Waals surface area contributed by atoms with Gasteiger partial charge in [0.25, 0.3) is 0 Å². The number of ether oxygens (including phenoxy) is 2. The molecule has 9 heteroatoms. The molecular formula is C22H26F3N3O3. The maximum atomic E-state index is 13.4. The van der Waals surface area contributed by atoms with Crippen LogP contribution in [0.25, 0.3) is 0 Å². The van der Waals surface area contributed by atoms with Crippen LogP contribution in [-0.4, -0.2) is 38.2 Å². The van der Waals surface area contributed by atoms with E-state index in [1.165, 1.54) is 19.4 Å². The fourth-order valence-corrected chi connectivity index (χ4v) is 3.79. The summed E-state index contributed by atoms with van der Waals surface area (Å²) in [5.41, 5.74) is 0.0532. The molecule has 1 saturated heterocycles. The smallest absolute Gasteiger partial charge is 0.419 e. The first-order valence-corrected chi connectivity index (χ1v) is 10.0. The van der Waals surface area contributed by atoms with Crippen LogP contribution >= 0.6 is 0 Å². The lowest BCUT2D eigenvalue weighted by Gasteiger charge is -2.34. The lowest BCUT2D eigenvalue weighted by Crippen LogP contribution is -2.44. The van der Waals surface area contributed by atoms with Gasteiger partial charge >= 0.3 is 6.18 Å². The Bertz CT molecular complexity index is 920. The van der Waals surface area contributed by atoms with E-state index >= 15 is 0 Å². The zero-order valence-corrected chi connectivity index (χ0v) is 17.7. The van der Waals surface area contributed by atoms with Crippen LogP contribution in [0.15, 0.2) is 36.5 Å². The van der Waals surface area contributed by atoms with Crippen LogP contribution in [0.2, 0.25) is 0 Å². The number of hydrogen-bond donors (Lipinski definition) is 1. The Balaban J connectivity index is 1.71. The Kier molecular flexibility index (Phi) is 6.92. The molecule has 1 aliphatic rings. The number of carbonyl (C=O) groups excluding carboxylic acids is 1. The maximum Gasteiger partial charge on any atom is 0.419 e. The number of benzene rings is 1. The molecule has 0 bridgehead atoms. The first-order chi connectivity index (χ1) is 14.7. The number of piperidine rings is 1. The van der Waals surface area contributed by atoms with Gasteiger partial charge in [0.1, 0.15) is 5.82 Å². The minimum absolute atomic E-state index is 0.125. The standard InChI is InChI=1S/C22H26F3N3O3/c1-14(15-8-9-18(30-2)19(12-15)31-3)27-21(29)16-6-5-11-28(13-16)20-17(22(23,24)25)7-4-10-26-20/h4,7-10,12,14,16H,5-6,11,13H2,1-3H3,(H,27,29). The van der Waals surface area contributed by atoms with E-state index in [-0.39, 0.29) is 24.3 Å². The average Bonchev–Trinajstić information content (AvgIpc) is 2.78. The van der Waals surface area contributed by atoms with Gasteiger partial charge in [-0.15, -0.1) is 0 Å². The molecule has 0 radical (unpaired) electrons. The Hall–Kier alpha value is -2.97. The predicted octanol–water partition coefficient (Wildman–Crippen LogP) is 4.21. The monoisotopic (exact) mass is 437 g/mol. The Morgan fingerprint density at radius 1 is 1.23 bits per heavy atom. The minimum Gasteiger partial charge on any atom is -0.493 e. The van der Waals surface area contributed by atoms with Crippen molar-refractivity contribution >= 4 is 11.7 Å². The van der Waals surface area contributed by atoms with Gasteiger partial charge < -0.3 is 19.7 Å². The summed E-state index contributed by atoms with van der Waals surface area (Å²) in [6.07, 6.45) is -1.94. The number of rotatable bonds is 6. The van der Waals surface area contributed by atoms with Gasteiger partial charge in [-0.3, -0.25) is 4.79 Å². The first kappa shape index (κ1) is 22.7. The molecule has 1 amide bonds. The summed E-state index contributed by atoms with van der Waals surface area (Å²) in [6, 6.07) is 7.38. The summed E-state index contributed by atoms with van der Waals surface area (Å²) in [7, 11) is 3.08. The third-order valence-electron chi connectivity index (χ3n) is 5.45. The second-order valence-corrected chi connectivity index (χ2v) is 7.50. The highest BCUT2D eigenvalue weighted by Gasteiger charge is 2.37. The fourth-order valence-electron chi connectivity index (χ4n) is 3.79. The Morgan fingerprint density at radius 3 is 2.65 bits per heavy atom. The molecular weight excluding hydrogens is 411 g/mol. The number of nitrogens with one attached hydrogen (secondary N) is 1. The molecule has 1 N–H and O–H groups in total. The van der Waals surface area contributed by atoms with E-state index in [4.69, 9.17) is 9.47 Å². The topological polar surface area (TPSA) is 63.7 Å². The van der Waals surface area contributed by atoms with Crippen LogP contribution < -0.4 is 19.7 Å². The first-order valence-electron chi connectivity index (χ1n) is 10.0. The lowest BCUT2D eigenvalue weighted by atomic mass is 9.96. The van der Waals surface area contributed by atoms with Gasteiger partial charge in [0.05, 0.1) is 31.7 Å². The van der Waals surface area contributed by atoms with Gasteiger partial charge in [-0.05, 0) is 49.6 Å². The molecule has 0 saturated carbocycles. The summed E-state index contributed by atoms with van der Waals surface area (Å²) >= 11 is 0. The van der Waals surface area contributed by atoms with Crippen molar-refractivity contribution in [1.82, 2.24) is 10.3 Å².